The number of benzene rings is 1. The molecule has 18 heavy (non-hydrogen) atoms. The minimum atomic E-state index is -0.0508. The second-order valence-electron chi connectivity index (χ2n) is 4.13. The lowest BCUT2D eigenvalue weighted by Gasteiger charge is -2.14. The summed E-state index contributed by atoms with van der Waals surface area (Å²) in [5.41, 5.74) is 1.74. The van der Waals surface area contributed by atoms with Crippen molar-refractivity contribution >= 4 is 5.91 Å². The molecular formula is C16H19NO. The first-order valence-electron chi connectivity index (χ1n) is 5.97. The summed E-state index contributed by atoms with van der Waals surface area (Å²) in [6.45, 7) is 9.37. The number of amides is 1. The quantitative estimate of drug-likeness (QED) is 0.759. The first kappa shape index (κ1) is 14.0. The molecule has 0 fully saturated rings. The lowest BCUT2D eigenvalue weighted by Crippen LogP contribution is -2.32. The molecule has 1 aromatic rings. The Hall–Kier alpha value is -2.09. The van der Waals surface area contributed by atoms with Gasteiger partial charge in [-0.1, -0.05) is 49.6 Å². The second kappa shape index (κ2) is 7.28. The van der Waals surface area contributed by atoms with Crippen LogP contribution in [0.25, 0.3) is 0 Å². The fraction of sp³-hybridized carbons (Fsp3) is 0.188. The van der Waals surface area contributed by atoms with Gasteiger partial charge in [0.1, 0.15) is 0 Å². The Bertz CT molecular complexity index is 445. The topological polar surface area (TPSA) is 29.1 Å². The molecule has 0 aliphatic carbocycles. The van der Waals surface area contributed by atoms with Crippen LogP contribution in [0.1, 0.15) is 23.7 Å². The maximum atomic E-state index is 11.9. The molecule has 0 heterocycles. The average molecular weight is 241 g/mol. The third-order valence-electron chi connectivity index (χ3n) is 2.55. The van der Waals surface area contributed by atoms with Gasteiger partial charge in [-0.25, -0.2) is 0 Å². The molecule has 0 radical (unpaired) electrons. The summed E-state index contributed by atoms with van der Waals surface area (Å²) in [5, 5.41) is 2.96. The Morgan fingerprint density at radius 2 is 2.00 bits per heavy atom. The first-order valence-corrected chi connectivity index (χ1v) is 5.97. The van der Waals surface area contributed by atoms with Gasteiger partial charge in [-0.05, 0) is 31.1 Å². The van der Waals surface area contributed by atoms with E-state index in [1.807, 2.05) is 31.2 Å². The number of rotatable bonds is 6. The molecule has 1 atom stereocenters. The van der Waals surface area contributed by atoms with Gasteiger partial charge in [0.25, 0.3) is 5.91 Å². The number of carbonyl (C=O) groups is 1. The van der Waals surface area contributed by atoms with Gasteiger partial charge < -0.3 is 5.32 Å². The standard InChI is InChI=1S/C16H19NO/c1-4-9-14(5-2)12-13(3)17-16(18)15-10-7-6-8-11-15/h4-11,13H,1-2,12H2,3H3,(H,17,18)/b14-9+. The van der Waals surface area contributed by atoms with Crippen molar-refractivity contribution < 1.29 is 4.79 Å². The molecule has 0 aromatic heterocycles. The minimum Gasteiger partial charge on any atom is -0.349 e. The number of hydrogen-bond acceptors (Lipinski definition) is 1. The van der Waals surface area contributed by atoms with Crippen molar-refractivity contribution in [1.82, 2.24) is 5.32 Å². The van der Waals surface area contributed by atoms with E-state index in [1.165, 1.54) is 0 Å². The van der Waals surface area contributed by atoms with E-state index in [9.17, 15) is 4.79 Å². The van der Waals surface area contributed by atoms with Gasteiger partial charge >= 0.3 is 0 Å². The van der Waals surface area contributed by atoms with Crippen molar-refractivity contribution in [3.05, 3.63) is 72.9 Å². The van der Waals surface area contributed by atoms with Crippen LogP contribution in [0.4, 0.5) is 0 Å². The van der Waals surface area contributed by atoms with Crippen LogP contribution < -0.4 is 5.32 Å². The Labute approximate surface area is 109 Å². The molecule has 1 aromatic carbocycles. The predicted molar refractivity (Wildman–Crippen MR) is 76.5 cm³/mol. The van der Waals surface area contributed by atoms with E-state index in [-0.39, 0.29) is 11.9 Å². The van der Waals surface area contributed by atoms with Gasteiger partial charge in [0.05, 0.1) is 0 Å². The van der Waals surface area contributed by atoms with E-state index < -0.39 is 0 Å². The van der Waals surface area contributed by atoms with Gasteiger partial charge in [-0.15, -0.1) is 0 Å². The number of allylic oxidation sites excluding steroid dienone is 3. The molecule has 2 nitrogen and oxygen atoms in total. The summed E-state index contributed by atoms with van der Waals surface area (Å²) in [5.74, 6) is -0.0508. The number of hydrogen-bond donors (Lipinski definition) is 1. The highest BCUT2D eigenvalue weighted by molar-refractivity contribution is 5.94. The van der Waals surface area contributed by atoms with Crippen molar-refractivity contribution in [1.29, 1.82) is 0 Å². The lowest BCUT2D eigenvalue weighted by atomic mass is 10.1. The van der Waals surface area contributed by atoms with Gasteiger partial charge in [-0.2, -0.15) is 0 Å². The molecule has 0 saturated heterocycles. The molecular weight excluding hydrogens is 222 g/mol. The van der Waals surface area contributed by atoms with Gasteiger partial charge in [-0.3, -0.25) is 4.79 Å². The fourth-order valence-electron chi connectivity index (χ4n) is 1.67. The normalized spacial score (nSPS) is 12.6. The van der Waals surface area contributed by atoms with Crippen LogP contribution in [0.5, 0.6) is 0 Å². The largest absolute Gasteiger partial charge is 0.349 e. The van der Waals surface area contributed by atoms with Crippen LogP contribution >= 0.6 is 0 Å². The van der Waals surface area contributed by atoms with E-state index in [2.05, 4.69) is 18.5 Å². The second-order valence-corrected chi connectivity index (χ2v) is 4.13. The van der Waals surface area contributed by atoms with Crippen molar-refractivity contribution in [2.24, 2.45) is 0 Å². The maximum absolute atomic E-state index is 11.9. The SMILES string of the molecule is C=C/C=C(\C=C)CC(C)NC(=O)c1ccccc1. The molecule has 94 valence electrons. The summed E-state index contributed by atoms with van der Waals surface area (Å²) in [7, 11) is 0. The summed E-state index contributed by atoms with van der Waals surface area (Å²) in [6, 6.07) is 9.26. The molecule has 0 aliphatic heterocycles. The van der Waals surface area contributed by atoms with Crippen LogP contribution in [-0.4, -0.2) is 11.9 Å². The summed E-state index contributed by atoms with van der Waals surface area (Å²) in [4.78, 5) is 11.9. The molecule has 1 N–H and O–H groups in total. The zero-order valence-electron chi connectivity index (χ0n) is 10.7. The molecule has 0 aliphatic rings. The fourth-order valence-corrected chi connectivity index (χ4v) is 1.67. The summed E-state index contributed by atoms with van der Waals surface area (Å²) in [6.07, 6.45) is 6.15. The highest BCUT2D eigenvalue weighted by Gasteiger charge is 2.09. The van der Waals surface area contributed by atoms with Gasteiger partial charge in [0.2, 0.25) is 0 Å². The lowest BCUT2D eigenvalue weighted by molar-refractivity contribution is 0.0940. The van der Waals surface area contributed by atoms with Crippen LogP contribution in [-0.2, 0) is 0 Å². The van der Waals surface area contributed by atoms with Crippen molar-refractivity contribution in [3.8, 4) is 0 Å². The Kier molecular flexibility index (Phi) is 5.65. The molecule has 1 amide bonds. The van der Waals surface area contributed by atoms with E-state index >= 15 is 0 Å². The molecule has 0 spiro atoms. The Morgan fingerprint density at radius 3 is 2.56 bits per heavy atom. The van der Waals surface area contributed by atoms with Gasteiger partial charge in [0, 0.05) is 11.6 Å². The van der Waals surface area contributed by atoms with E-state index in [1.54, 1.807) is 24.3 Å². The summed E-state index contributed by atoms with van der Waals surface area (Å²) >= 11 is 0. The average Bonchev–Trinajstić information content (AvgIpc) is 2.39. The molecule has 1 rings (SSSR count). The smallest absolute Gasteiger partial charge is 0.251 e. The monoisotopic (exact) mass is 241 g/mol. The highest BCUT2D eigenvalue weighted by Crippen LogP contribution is 2.08. The minimum absolute atomic E-state index is 0.0508. The van der Waals surface area contributed by atoms with Crippen LogP contribution in [0, 0.1) is 0 Å². The molecule has 0 bridgehead atoms. The molecule has 1 unspecified atom stereocenters. The predicted octanol–water partition coefficient (Wildman–Crippen LogP) is 3.49. The van der Waals surface area contributed by atoms with E-state index in [0.717, 1.165) is 12.0 Å². The maximum Gasteiger partial charge on any atom is 0.251 e. The summed E-state index contributed by atoms with van der Waals surface area (Å²) < 4.78 is 0. The van der Waals surface area contributed by atoms with Crippen molar-refractivity contribution in [2.45, 2.75) is 19.4 Å². The molecule has 2 heteroatoms. The third kappa shape index (κ3) is 4.42. The number of carbonyl (C=O) groups excluding carboxylic acids is 1. The van der Waals surface area contributed by atoms with Crippen molar-refractivity contribution in [3.63, 3.8) is 0 Å². The Balaban J connectivity index is 2.57. The zero-order chi connectivity index (χ0) is 13.4. The molecule has 0 saturated carbocycles. The van der Waals surface area contributed by atoms with Crippen LogP contribution in [0.2, 0.25) is 0 Å². The Morgan fingerprint density at radius 1 is 1.33 bits per heavy atom. The highest BCUT2D eigenvalue weighted by atomic mass is 16.1. The van der Waals surface area contributed by atoms with Crippen LogP contribution in [0.15, 0.2) is 67.3 Å². The third-order valence-corrected chi connectivity index (χ3v) is 2.55. The van der Waals surface area contributed by atoms with Crippen LogP contribution in [0.3, 0.4) is 0 Å². The number of nitrogens with one attached hydrogen (secondary N) is 1. The van der Waals surface area contributed by atoms with E-state index in [4.69, 9.17) is 0 Å². The van der Waals surface area contributed by atoms with Crippen molar-refractivity contribution in [2.75, 3.05) is 0 Å². The van der Waals surface area contributed by atoms with Gasteiger partial charge in [0.15, 0.2) is 0 Å². The zero-order valence-corrected chi connectivity index (χ0v) is 10.7. The van der Waals surface area contributed by atoms with E-state index in [0.29, 0.717) is 5.56 Å². The first-order chi connectivity index (χ1) is 8.67.